The van der Waals surface area contributed by atoms with Crippen molar-refractivity contribution in [3.05, 3.63) is 11.6 Å². The van der Waals surface area contributed by atoms with E-state index < -0.39 is 5.97 Å². The van der Waals surface area contributed by atoms with Crippen LogP contribution in [0.4, 0.5) is 0 Å². The number of carbonyl (C=O) groups excluding carboxylic acids is 1. The van der Waals surface area contributed by atoms with Crippen LogP contribution in [0.1, 0.15) is 27.2 Å². The summed E-state index contributed by atoms with van der Waals surface area (Å²) in [5.74, 6) is -0.666. The quantitative estimate of drug-likeness (QED) is 0.543. The third-order valence-corrected chi connectivity index (χ3v) is 1.24. The summed E-state index contributed by atoms with van der Waals surface area (Å²) in [5, 5.41) is 10.3. The van der Waals surface area contributed by atoms with Crippen LogP contribution in [0.15, 0.2) is 11.6 Å². The number of rotatable bonds is 3. The van der Waals surface area contributed by atoms with Crippen LogP contribution in [-0.2, 0) is 4.79 Å². The summed E-state index contributed by atoms with van der Waals surface area (Å²) >= 11 is 0. The molecule has 0 saturated heterocycles. The predicted molar refractivity (Wildman–Crippen MR) is 38.2 cm³/mol. The van der Waals surface area contributed by atoms with Crippen molar-refractivity contribution in [2.75, 3.05) is 0 Å². The smallest absolute Gasteiger partial charge is 0.0671 e. The third kappa shape index (κ3) is 3.28. The summed E-state index contributed by atoms with van der Waals surface area (Å²) < 4.78 is 0. The van der Waals surface area contributed by atoms with Gasteiger partial charge in [-0.25, -0.2) is 0 Å². The summed E-state index contributed by atoms with van der Waals surface area (Å²) in [5.41, 5.74) is 0.398. The SMILES string of the molecule is C/C=C(\CC(C)C)C(=O)[O-]. The molecular formula is C8H13O2-. The molecule has 0 spiro atoms. The molecule has 0 aromatic heterocycles. The van der Waals surface area contributed by atoms with E-state index in [1.165, 1.54) is 0 Å². The first-order valence-corrected chi connectivity index (χ1v) is 3.44. The maximum Gasteiger partial charge on any atom is 0.0671 e. The third-order valence-electron chi connectivity index (χ3n) is 1.24. The highest BCUT2D eigenvalue weighted by atomic mass is 16.4. The minimum Gasteiger partial charge on any atom is -0.545 e. The van der Waals surface area contributed by atoms with Crippen molar-refractivity contribution >= 4 is 5.97 Å². The minimum atomic E-state index is -1.05. The average Bonchev–Trinajstić information content (AvgIpc) is 1.81. The molecular weight excluding hydrogens is 128 g/mol. The molecule has 0 aliphatic carbocycles. The summed E-state index contributed by atoms with van der Waals surface area (Å²) in [6, 6.07) is 0. The van der Waals surface area contributed by atoms with E-state index in [0.29, 0.717) is 17.9 Å². The molecule has 0 N–H and O–H groups in total. The lowest BCUT2D eigenvalue weighted by Crippen LogP contribution is -2.25. The van der Waals surface area contributed by atoms with Crippen LogP contribution < -0.4 is 5.11 Å². The first-order valence-electron chi connectivity index (χ1n) is 3.44. The highest BCUT2D eigenvalue weighted by molar-refractivity contribution is 5.84. The van der Waals surface area contributed by atoms with Gasteiger partial charge in [0.2, 0.25) is 0 Å². The first kappa shape index (κ1) is 9.21. The Kier molecular flexibility index (Phi) is 3.77. The van der Waals surface area contributed by atoms with E-state index in [0.717, 1.165) is 0 Å². The Morgan fingerprint density at radius 1 is 1.60 bits per heavy atom. The molecule has 0 radical (unpaired) electrons. The highest BCUT2D eigenvalue weighted by Gasteiger charge is 1.99. The van der Waals surface area contributed by atoms with Gasteiger partial charge in [-0.15, -0.1) is 0 Å². The zero-order valence-electron chi connectivity index (χ0n) is 6.68. The van der Waals surface area contributed by atoms with Crippen LogP contribution in [0.5, 0.6) is 0 Å². The molecule has 0 unspecified atom stereocenters. The highest BCUT2D eigenvalue weighted by Crippen LogP contribution is 2.08. The van der Waals surface area contributed by atoms with Crippen molar-refractivity contribution in [3.63, 3.8) is 0 Å². The Morgan fingerprint density at radius 2 is 2.10 bits per heavy atom. The monoisotopic (exact) mass is 141 g/mol. The second-order valence-electron chi connectivity index (χ2n) is 2.70. The van der Waals surface area contributed by atoms with Gasteiger partial charge in [-0.3, -0.25) is 0 Å². The lowest BCUT2D eigenvalue weighted by molar-refractivity contribution is -0.299. The van der Waals surface area contributed by atoms with Gasteiger partial charge in [-0.05, 0) is 24.8 Å². The van der Waals surface area contributed by atoms with E-state index in [1.54, 1.807) is 13.0 Å². The number of carboxylic acids is 1. The van der Waals surface area contributed by atoms with Crippen molar-refractivity contribution in [3.8, 4) is 0 Å². The van der Waals surface area contributed by atoms with Gasteiger partial charge in [0, 0.05) is 0 Å². The van der Waals surface area contributed by atoms with Gasteiger partial charge in [-0.1, -0.05) is 19.9 Å². The summed E-state index contributed by atoms with van der Waals surface area (Å²) in [6.07, 6.45) is 2.19. The van der Waals surface area contributed by atoms with Crippen molar-refractivity contribution in [2.45, 2.75) is 27.2 Å². The predicted octanol–water partition coefficient (Wildman–Crippen LogP) is 0.729. The number of carbonyl (C=O) groups is 1. The van der Waals surface area contributed by atoms with Crippen LogP contribution in [0.25, 0.3) is 0 Å². The molecule has 0 saturated carbocycles. The maximum absolute atomic E-state index is 10.3. The molecule has 2 heteroatoms. The molecule has 0 heterocycles. The van der Waals surface area contributed by atoms with Gasteiger partial charge in [0.1, 0.15) is 0 Å². The van der Waals surface area contributed by atoms with Crippen LogP contribution in [0, 0.1) is 5.92 Å². The van der Waals surface area contributed by atoms with Crippen molar-refractivity contribution in [1.29, 1.82) is 0 Å². The average molecular weight is 141 g/mol. The normalized spacial score (nSPS) is 12.2. The summed E-state index contributed by atoms with van der Waals surface area (Å²) in [7, 11) is 0. The Labute approximate surface area is 61.6 Å². The Balaban J connectivity index is 3.99. The zero-order valence-corrected chi connectivity index (χ0v) is 6.68. The van der Waals surface area contributed by atoms with Gasteiger partial charge in [0.25, 0.3) is 0 Å². The fraction of sp³-hybridized carbons (Fsp3) is 0.625. The number of hydrogen-bond acceptors (Lipinski definition) is 2. The van der Waals surface area contributed by atoms with E-state index in [1.807, 2.05) is 13.8 Å². The molecule has 0 aliphatic rings. The van der Waals surface area contributed by atoms with Crippen LogP contribution >= 0.6 is 0 Å². The molecule has 0 fully saturated rings. The minimum absolute atomic E-state index is 0.379. The van der Waals surface area contributed by atoms with Crippen molar-refractivity contribution < 1.29 is 9.90 Å². The van der Waals surface area contributed by atoms with E-state index in [2.05, 4.69) is 0 Å². The largest absolute Gasteiger partial charge is 0.545 e. The molecule has 58 valence electrons. The molecule has 0 aromatic rings. The number of allylic oxidation sites excluding steroid dienone is 1. The second kappa shape index (κ2) is 4.09. The molecule has 0 aliphatic heterocycles. The van der Waals surface area contributed by atoms with Gasteiger partial charge >= 0.3 is 0 Å². The van der Waals surface area contributed by atoms with Gasteiger partial charge < -0.3 is 9.90 Å². The topological polar surface area (TPSA) is 40.1 Å². The van der Waals surface area contributed by atoms with Gasteiger partial charge in [-0.2, -0.15) is 0 Å². The lowest BCUT2D eigenvalue weighted by Gasteiger charge is -2.09. The Morgan fingerprint density at radius 3 is 2.20 bits per heavy atom. The maximum atomic E-state index is 10.3. The second-order valence-corrected chi connectivity index (χ2v) is 2.70. The fourth-order valence-corrected chi connectivity index (χ4v) is 0.759. The molecule has 0 bridgehead atoms. The molecule has 0 aromatic carbocycles. The molecule has 0 amide bonds. The number of hydrogen-bond donors (Lipinski definition) is 0. The van der Waals surface area contributed by atoms with E-state index >= 15 is 0 Å². The fourth-order valence-electron chi connectivity index (χ4n) is 0.759. The van der Waals surface area contributed by atoms with Crippen LogP contribution in [0.3, 0.4) is 0 Å². The summed E-state index contributed by atoms with van der Waals surface area (Å²) in [6.45, 7) is 5.67. The van der Waals surface area contributed by atoms with Gasteiger partial charge in [0.05, 0.1) is 5.97 Å². The van der Waals surface area contributed by atoms with Gasteiger partial charge in [0.15, 0.2) is 0 Å². The summed E-state index contributed by atoms with van der Waals surface area (Å²) in [4.78, 5) is 10.3. The van der Waals surface area contributed by atoms with Crippen molar-refractivity contribution in [2.24, 2.45) is 5.92 Å². The van der Waals surface area contributed by atoms with Crippen LogP contribution in [-0.4, -0.2) is 5.97 Å². The lowest BCUT2D eigenvalue weighted by atomic mass is 10.0. The molecule has 0 rings (SSSR count). The van der Waals surface area contributed by atoms with E-state index in [-0.39, 0.29) is 0 Å². The van der Waals surface area contributed by atoms with E-state index in [4.69, 9.17) is 0 Å². The molecule has 0 atom stereocenters. The van der Waals surface area contributed by atoms with E-state index in [9.17, 15) is 9.90 Å². The van der Waals surface area contributed by atoms with Crippen LogP contribution in [0.2, 0.25) is 0 Å². The number of carboxylic acid groups (broad SMARTS) is 1. The van der Waals surface area contributed by atoms with Crippen molar-refractivity contribution in [1.82, 2.24) is 0 Å². The standard InChI is InChI=1S/C8H14O2/c1-4-7(8(9)10)5-6(2)3/h4,6H,5H2,1-3H3,(H,9,10)/p-1/b7-4+. The molecule has 10 heavy (non-hydrogen) atoms. The molecule has 2 nitrogen and oxygen atoms in total. The first-order chi connectivity index (χ1) is 4.57. The zero-order chi connectivity index (χ0) is 8.15. The number of aliphatic carboxylic acids is 1. The Bertz CT molecular complexity index is 145. The Hall–Kier alpha value is -0.790.